The summed E-state index contributed by atoms with van der Waals surface area (Å²) in [5.74, 6) is 11.6. The highest BCUT2D eigenvalue weighted by atomic mass is 16.3. The highest BCUT2D eigenvalue weighted by Crippen LogP contribution is 2.08. The molecule has 3 rings (SSSR count). The minimum Gasteiger partial charge on any atom is -0.392 e. The third kappa shape index (κ3) is 5.11. The molecule has 0 radical (unpaired) electrons. The molecule has 0 saturated heterocycles. The first-order valence-electron chi connectivity index (χ1n) is 8.86. The molecule has 0 saturated carbocycles. The Hall–Kier alpha value is -3.79. The lowest BCUT2D eigenvalue weighted by atomic mass is 9.99. The number of benzene rings is 3. The largest absolute Gasteiger partial charge is 0.392 e. The zero-order valence-corrected chi connectivity index (χ0v) is 15.2. The second-order valence-corrected chi connectivity index (χ2v) is 6.12. The lowest BCUT2D eigenvalue weighted by Crippen LogP contribution is -2.49. The average molecular weight is 365 g/mol. The van der Waals surface area contributed by atoms with Crippen LogP contribution in [0.15, 0.2) is 91.0 Å². The normalized spacial score (nSPS) is 10.0. The number of aliphatic hydroxyl groups is 1. The van der Waals surface area contributed by atoms with Crippen LogP contribution in [0.4, 0.5) is 0 Å². The van der Waals surface area contributed by atoms with Crippen molar-refractivity contribution in [1.82, 2.24) is 5.32 Å². The maximum atomic E-state index is 12.7. The summed E-state index contributed by atoms with van der Waals surface area (Å²) in [6, 6.07) is 27.5. The third-order valence-electron chi connectivity index (χ3n) is 3.99. The molecule has 28 heavy (non-hydrogen) atoms. The molecule has 2 N–H and O–H groups in total. The molecular weight excluding hydrogens is 346 g/mol. The highest BCUT2D eigenvalue weighted by Gasteiger charge is 2.27. The zero-order chi connectivity index (χ0) is 19.7. The van der Waals surface area contributed by atoms with Crippen molar-refractivity contribution in [2.75, 3.05) is 6.61 Å². The van der Waals surface area contributed by atoms with Gasteiger partial charge in [0.25, 0.3) is 5.91 Å². The van der Waals surface area contributed by atoms with Gasteiger partial charge in [-0.15, -0.1) is 0 Å². The van der Waals surface area contributed by atoms with Crippen molar-refractivity contribution in [1.29, 1.82) is 0 Å². The number of aliphatic hydroxyl groups excluding tert-OH is 1. The van der Waals surface area contributed by atoms with Crippen molar-refractivity contribution in [2.24, 2.45) is 0 Å². The molecule has 136 valence electrons. The molecule has 3 heteroatoms. The molecule has 0 fully saturated rings. The van der Waals surface area contributed by atoms with Crippen LogP contribution in [0, 0.1) is 23.7 Å². The van der Waals surface area contributed by atoms with Crippen LogP contribution in [0.1, 0.15) is 21.5 Å². The number of amides is 1. The fraction of sp³-hybridized carbons (Fsp3) is 0.0800. The highest BCUT2D eigenvalue weighted by molar-refractivity contribution is 5.95. The number of rotatable bonds is 3. The summed E-state index contributed by atoms with van der Waals surface area (Å²) in [6.07, 6.45) is 0. The lowest BCUT2D eigenvalue weighted by Gasteiger charge is -2.22. The summed E-state index contributed by atoms with van der Waals surface area (Å²) in [4.78, 5) is 12.7. The van der Waals surface area contributed by atoms with Gasteiger partial charge in [-0.2, -0.15) is 0 Å². The van der Waals surface area contributed by atoms with E-state index in [2.05, 4.69) is 29.0 Å². The Bertz CT molecular complexity index is 979. The number of carbonyl (C=O) groups excluding carboxylic acids is 1. The van der Waals surface area contributed by atoms with Crippen molar-refractivity contribution < 1.29 is 9.90 Å². The molecule has 0 aliphatic rings. The Balaban J connectivity index is 1.98. The predicted octanol–water partition coefficient (Wildman–Crippen LogP) is 3.25. The van der Waals surface area contributed by atoms with Crippen LogP contribution in [-0.2, 0) is 0 Å². The molecule has 3 aromatic carbocycles. The first kappa shape index (κ1) is 19.0. The van der Waals surface area contributed by atoms with E-state index < -0.39 is 12.1 Å². The summed E-state index contributed by atoms with van der Waals surface area (Å²) >= 11 is 0. The molecule has 0 unspecified atom stereocenters. The van der Waals surface area contributed by atoms with Crippen molar-refractivity contribution in [3.05, 3.63) is 108 Å². The summed E-state index contributed by atoms with van der Waals surface area (Å²) in [6.45, 7) is -0.439. The third-order valence-corrected chi connectivity index (χ3v) is 3.99. The first-order valence-corrected chi connectivity index (χ1v) is 8.86. The van der Waals surface area contributed by atoms with E-state index in [0.717, 1.165) is 11.1 Å². The number of hydrogen-bond acceptors (Lipinski definition) is 2. The maximum absolute atomic E-state index is 12.7. The van der Waals surface area contributed by atoms with Crippen molar-refractivity contribution in [2.45, 2.75) is 5.54 Å². The molecule has 0 spiro atoms. The summed E-state index contributed by atoms with van der Waals surface area (Å²) < 4.78 is 0. The Morgan fingerprint density at radius 2 is 1.18 bits per heavy atom. The van der Waals surface area contributed by atoms with Crippen LogP contribution >= 0.6 is 0 Å². The number of carbonyl (C=O) groups is 1. The molecule has 3 aromatic rings. The Labute approximate surface area is 165 Å². The van der Waals surface area contributed by atoms with E-state index in [-0.39, 0.29) is 5.91 Å². The van der Waals surface area contributed by atoms with Gasteiger partial charge in [-0.25, -0.2) is 0 Å². The Morgan fingerprint density at radius 3 is 1.61 bits per heavy atom. The number of nitrogens with one attached hydrogen (secondary N) is 1. The van der Waals surface area contributed by atoms with E-state index in [4.69, 9.17) is 0 Å². The van der Waals surface area contributed by atoms with E-state index in [9.17, 15) is 9.90 Å². The van der Waals surface area contributed by atoms with Gasteiger partial charge in [0.2, 0.25) is 0 Å². The minimum atomic E-state index is -1.39. The molecule has 0 aliphatic carbocycles. The van der Waals surface area contributed by atoms with Crippen LogP contribution < -0.4 is 5.32 Å². The molecule has 0 atom stereocenters. The van der Waals surface area contributed by atoms with Crippen LogP contribution in [0.3, 0.4) is 0 Å². The molecule has 3 nitrogen and oxygen atoms in total. The topological polar surface area (TPSA) is 49.3 Å². The standard InChI is InChI=1S/C25H19NO2/c27-20-25(18-16-21-10-4-1-5-11-21,19-17-22-12-6-2-7-13-22)26-24(28)23-14-8-3-9-15-23/h1-15,27H,20H2,(H,26,28). The zero-order valence-electron chi connectivity index (χ0n) is 15.2. The van der Waals surface area contributed by atoms with Crippen molar-refractivity contribution >= 4 is 5.91 Å². The van der Waals surface area contributed by atoms with Crippen molar-refractivity contribution in [3.63, 3.8) is 0 Å². The van der Waals surface area contributed by atoms with Crippen LogP contribution in [0.25, 0.3) is 0 Å². The number of hydrogen-bond donors (Lipinski definition) is 2. The monoisotopic (exact) mass is 365 g/mol. The fourth-order valence-corrected chi connectivity index (χ4v) is 2.47. The van der Waals surface area contributed by atoms with E-state index in [0.29, 0.717) is 5.56 Å². The summed E-state index contributed by atoms with van der Waals surface area (Å²) in [7, 11) is 0. The fourth-order valence-electron chi connectivity index (χ4n) is 2.47. The van der Waals surface area contributed by atoms with Gasteiger partial charge in [0, 0.05) is 16.7 Å². The van der Waals surface area contributed by atoms with E-state index in [1.165, 1.54) is 0 Å². The van der Waals surface area contributed by atoms with E-state index in [1.54, 1.807) is 24.3 Å². The van der Waals surface area contributed by atoms with E-state index >= 15 is 0 Å². The smallest absolute Gasteiger partial charge is 0.253 e. The quantitative estimate of drug-likeness (QED) is 0.700. The summed E-state index contributed by atoms with van der Waals surface area (Å²) in [5.41, 5.74) is 0.633. The van der Waals surface area contributed by atoms with Crippen LogP contribution in [0.5, 0.6) is 0 Å². The van der Waals surface area contributed by atoms with Gasteiger partial charge in [0.1, 0.15) is 0 Å². The second kappa shape index (κ2) is 9.24. The van der Waals surface area contributed by atoms with Gasteiger partial charge in [0.05, 0.1) is 6.61 Å². The predicted molar refractivity (Wildman–Crippen MR) is 110 cm³/mol. The molecule has 0 bridgehead atoms. The first-order chi connectivity index (χ1) is 13.7. The average Bonchev–Trinajstić information content (AvgIpc) is 2.78. The molecule has 0 heterocycles. The molecular formula is C25H19NO2. The molecule has 1 amide bonds. The van der Waals surface area contributed by atoms with Crippen LogP contribution in [0.2, 0.25) is 0 Å². The Kier molecular flexibility index (Phi) is 6.26. The lowest BCUT2D eigenvalue weighted by molar-refractivity contribution is 0.0911. The molecule has 0 aliphatic heterocycles. The van der Waals surface area contributed by atoms with Gasteiger partial charge in [-0.05, 0) is 36.4 Å². The van der Waals surface area contributed by atoms with Crippen LogP contribution in [-0.4, -0.2) is 23.2 Å². The van der Waals surface area contributed by atoms with Gasteiger partial charge in [-0.3, -0.25) is 4.79 Å². The minimum absolute atomic E-state index is 0.348. The van der Waals surface area contributed by atoms with Gasteiger partial charge in [-0.1, -0.05) is 78.3 Å². The van der Waals surface area contributed by atoms with Gasteiger partial charge in [0.15, 0.2) is 5.54 Å². The Morgan fingerprint density at radius 1 is 0.750 bits per heavy atom. The molecule has 0 aromatic heterocycles. The van der Waals surface area contributed by atoms with Gasteiger partial charge >= 0.3 is 0 Å². The van der Waals surface area contributed by atoms with Crippen molar-refractivity contribution in [3.8, 4) is 23.7 Å². The van der Waals surface area contributed by atoms with E-state index in [1.807, 2.05) is 66.7 Å². The summed E-state index contributed by atoms with van der Waals surface area (Å²) in [5, 5.41) is 12.9. The maximum Gasteiger partial charge on any atom is 0.253 e. The second-order valence-electron chi connectivity index (χ2n) is 6.12. The SMILES string of the molecule is O=C(NC(C#Cc1ccccc1)(C#Cc1ccccc1)CO)c1ccccc1. The van der Waals surface area contributed by atoms with Gasteiger partial charge < -0.3 is 10.4 Å².